The highest BCUT2D eigenvalue weighted by Gasteiger charge is 2.17. The first-order valence-electron chi connectivity index (χ1n) is 7.21. The van der Waals surface area contributed by atoms with Gasteiger partial charge in [-0.25, -0.2) is 9.37 Å². The van der Waals surface area contributed by atoms with Gasteiger partial charge in [0.05, 0.1) is 0 Å². The van der Waals surface area contributed by atoms with Gasteiger partial charge in [-0.05, 0) is 41.6 Å². The summed E-state index contributed by atoms with van der Waals surface area (Å²) in [6, 6.07) is 12.5. The predicted molar refractivity (Wildman–Crippen MR) is 93.8 cm³/mol. The molecule has 0 fully saturated rings. The van der Waals surface area contributed by atoms with E-state index >= 15 is 0 Å². The van der Waals surface area contributed by atoms with E-state index in [2.05, 4.69) is 9.97 Å². The highest BCUT2D eigenvalue weighted by molar-refractivity contribution is 7.98. The van der Waals surface area contributed by atoms with E-state index in [-0.39, 0.29) is 28.4 Å². The lowest BCUT2D eigenvalue weighted by atomic mass is 9.99. The maximum Gasteiger partial charge on any atom is 0.270 e. The van der Waals surface area contributed by atoms with E-state index in [1.165, 1.54) is 30.0 Å². The maximum atomic E-state index is 13.1. The number of rotatable bonds is 3. The van der Waals surface area contributed by atoms with E-state index in [1.807, 2.05) is 6.07 Å². The highest BCUT2D eigenvalue weighted by Crippen LogP contribution is 2.34. The third-order valence-corrected chi connectivity index (χ3v) is 4.21. The number of aromatic nitrogens is 2. The lowest BCUT2D eigenvalue weighted by Gasteiger charge is -2.10. The molecular weight excluding hydrogens is 341 g/mol. The van der Waals surface area contributed by atoms with Gasteiger partial charge in [0.15, 0.2) is 5.16 Å². The molecule has 7 heteroatoms. The van der Waals surface area contributed by atoms with Crippen LogP contribution >= 0.6 is 11.8 Å². The molecule has 1 aromatic heterocycles. The highest BCUT2D eigenvalue weighted by atomic mass is 32.2. The molecule has 5 nitrogen and oxygen atoms in total. The predicted octanol–water partition coefficient (Wildman–Crippen LogP) is 3.54. The van der Waals surface area contributed by atoms with Crippen molar-refractivity contribution in [3.8, 4) is 34.2 Å². The van der Waals surface area contributed by atoms with Gasteiger partial charge in [-0.3, -0.25) is 4.79 Å². The molecule has 0 aliphatic heterocycles. The molecule has 0 spiro atoms. The van der Waals surface area contributed by atoms with E-state index in [9.17, 15) is 19.6 Å². The van der Waals surface area contributed by atoms with Crippen molar-refractivity contribution in [1.82, 2.24) is 9.97 Å². The minimum absolute atomic E-state index is 0.104. The number of hydrogen-bond donors (Lipinski definition) is 2. The van der Waals surface area contributed by atoms with Crippen LogP contribution in [0.3, 0.4) is 0 Å². The molecule has 0 saturated carbocycles. The second kappa shape index (κ2) is 6.79. The van der Waals surface area contributed by atoms with Crippen molar-refractivity contribution in [2.75, 3.05) is 6.26 Å². The number of H-pyrrole nitrogens is 1. The summed E-state index contributed by atoms with van der Waals surface area (Å²) in [4.78, 5) is 18.8. The Bertz CT molecular complexity index is 1040. The van der Waals surface area contributed by atoms with Crippen molar-refractivity contribution in [1.29, 1.82) is 5.26 Å². The van der Waals surface area contributed by atoms with Crippen LogP contribution < -0.4 is 5.56 Å². The fourth-order valence-corrected chi connectivity index (χ4v) is 2.77. The van der Waals surface area contributed by atoms with Crippen molar-refractivity contribution in [3.63, 3.8) is 0 Å². The molecule has 0 bridgehead atoms. The molecule has 2 N–H and O–H groups in total. The van der Waals surface area contributed by atoms with Crippen molar-refractivity contribution >= 4 is 11.8 Å². The Morgan fingerprint density at radius 2 is 1.88 bits per heavy atom. The molecule has 124 valence electrons. The molecule has 0 radical (unpaired) electrons. The first kappa shape index (κ1) is 16.7. The minimum atomic E-state index is -0.566. The maximum absolute atomic E-state index is 13.1. The Balaban J connectivity index is 2.23. The summed E-state index contributed by atoms with van der Waals surface area (Å²) in [5, 5.41) is 19.9. The molecule has 0 saturated heterocycles. The molecule has 0 aliphatic rings. The first-order valence-corrected chi connectivity index (χ1v) is 8.43. The topological polar surface area (TPSA) is 89.8 Å². The van der Waals surface area contributed by atoms with E-state index < -0.39 is 5.56 Å². The van der Waals surface area contributed by atoms with Gasteiger partial charge in [0.2, 0.25) is 0 Å². The number of halogens is 1. The molecule has 2 aromatic carbocycles. The number of aromatic hydroxyl groups is 1. The van der Waals surface area contributed by atoms with Gasteiger partial charge in [0.25, 0.3) is 5.56 Å². The van der Waals surface area contributed by atoms with E-state index in [0.29, 0.717) is 10.7 Å². The monoisotopic (exact) mass is 353 g/mol. The number of aromatic amines is 1. The Kier molecular flexibility index (Phi) is 4.55. The lowest BCUT2D eigenvalue weighted by Crippen LogP contribution is -2.14. The Morgan fingerprint density at radius 3 is 2.52 bits per heavy atom. The van der Waals surface area contributed by atoms with Crippen molar-refractivity contribution < 1.29 is 9.50 Å². The van der Waals surface area contributed by atoms with Crippen LogP contribution in [0.5, 0.6) is 5.75 Å². The number of hydrogen-bond acceptors (Lipinski definition) is 5. The van der Waals surface area contributed by atoms with Gasteiger partial charge < -0.3 is 10.1 Å². The standard InChI is InChI=1S/C18H12FN3O2S/c1-25-18-21-16(14(9-20)17(24)22-18)13-8-11(4-7-15(13)23)10-2-5-12(19)6-3-10/h2-8,23H,1H3,(H,21,22,24). The Labute approximate surface area is 146 Å². The molecular formula is C18H12FN3O2S. The molecule has 3 aromatic rings. The van der Waals surface area contributed by atoms with E-state index in [4.69, 9.17) is 0 Å². The molecule has 0 amide bonds. The summed E-state index contributed by atoms with van der Waals surface area (Å²) in [6.45, 7) is 0. The summed E-state index contributed by atoms with van der Waals surface area (Å²) < 4.78 is 13.1. The molecule has 0 unspecified atom stereocenters. The second-order valence-electron chi connectivity index (χ2n) is 5.15. The number of nitriles is 1. The van der Waals surface area contributed by atoms with E-state index in [1.54, 1.807) is 30.5 Å². The van der Waals surface area contributed by atoms with Crippen molar-refractivity contribution in [2.24, 2.45) is 0 Å². The number of nitrogens with zero attached hydrogens (tertiary/aromatic N) is 2. The van der Waals surface area contributed by atoms with Crippen molar-refractivity contribution in [3.05, 3.63) is 64.2 Å². The van der Waals surface area contributed by atoms with Crippen LogP contribution in [0.1, 0.15) is 5.56 Å². The molecule has 25 heavy (non-hydrogen) atoms. The van der Waals surface area contributed by atoms with Crippen LogP contribution in [0, 0.1) is 17.1 Å². The number of thioether (sulfide) groups is 1. The van der Waals surface area contributed by atoms with Gasteiger partial charge in [0.1, 0.15) is 28.9 Å². The number of nitrogens with one attached hydrogen (secondary N) is 1. The van der Waals surface area contributed by atoms with Gasteiger partial charge in [0, 0.05) is 5.56 Å². The summed E-state index contributed by atoms with van der Waals surface area (Å²) in [6.07, 6.45) is 1.74. The van der Waals surface area contributed by atoms with Gasteiger partial charge in [-0.15, -0.1) is 0 Å². The quantitative estimate of drug-likeness (QED) is 0.555. The number of phenolic OH excluding ortho intramolecular Hbond substituents is 1. The largest absolute Gasteiger partial charge is 0.507 e. The normalized spacial score (nSPS) is 10.4. The van der Waals surface area contributed by atoms with Crippen LogP contribution in [0.4, 0.5) is 4.39 Å². The van der Waals surface area contributed by atoms with Crippen LogP contribution in [0.2, 0.25) is 0 Å². The van der Waals surface area contributed by atoms with Gasteiger partial charge >= 0.3 is 0 Å². The van der Waals surface area contributed by atoms with Crippen LogP contribution in [0.15, 0.2) is 52.4 Å². The number of phenols is 1. The molecule has 0 atom stereocenters. The zero-order valence-electron chi connectivity index (χ0n) is 13.1. The molecule has 3 rings (SSSR count). The SMILES string of the molecule is CSc1nc(-c2cc(-c3ccc(F)cc3)ccc2O)c(C#N)c(=O)[nH]1. The molecule has 0 aliphatic carbocycles. The average molecular weight is 353 g/mol. The smallest absolute Gasteiger partial charge is 0.270 e. The third-order valence-electron chi connectivity index (χ3n) is 3.63. The number of benzene rings is 2. The average Bonchev–Trinajstić information content (AvgIpc) is 2.62. The lowest BCUT2D eigenvalue weighted by molar-refractivity contribution is 0.477. The zero-order valence-corrected chi connectivity index (χ0v) is 13.9. The Morgan fingerprint density at radius 1 is 1.20 bits per heavy atom. The fraction of sp³-hybridized carbons (Fsp3) is 0.0556. The van der Waals surface area contributed by atoms with E-state index in [0.717, 1.165) is 5.56 Å². The van der Waals surface area contributed by atoms with Crippen molar-refractivity contribution in [2.45, 2.75) is 5.16 Å². The van der Waals surface area contributed by atoms with Crippen LogP contribution in [-0.2, 0) is 0 Å². The molecule has 1 heterocycles. The summed E-state index contributed by atoms with van der Waals surface area (Å²) in [5.41, 5.74) is 1.06. The Hall–Kier alpha value is -3.11. The summed E-state index contributed by atoms with van der Waals surface area (Å²) >= 11 is 1.22. The summed E-state index contributed by atoms with van der Waals surface area (Å²) in [7, 11) is 0. The summed E-state index contributed by atoms with van der Waals surface area (Å²) in [5.74, 6) is -0.456. The van der Waals surface area contributed by atoms with Crippen LogP contribution in [0.25, 0.3) is 22.4 Å². The second-order valence-corrected chi connectivity index (χ2v) is 5.94. The van der Waals surface area contributed by atoms with Crippen LogP contribution in [-0.4, -0.2) is 21.3 Å². The van der Waals surface area contributed by atoms with Gasteiger partial charge in [-0.1, -0.05) is 30.0 Å². The minimum Gasteiger partial charge on any atom is -0.507 e. The fourth-order valence-electron chi connectivity index (χ4n) is 2.40. The first-order chi connectivity index (χ1) is 12.0. The zero-order chi connectivity index (χ0) is 18.0. The third kappa shape index (κ3) is 3.25. The van der Waals surface area contributed by atoms with Gasteiger partial charge in [-0.2, -0.15) is 5.26 Å².